The SMILES string of the molecule is C/C=C/c1ccc(/C=C/c2cc(OCc3cc(OCCCCCC)c(OCCCCCC)c(OCCCCCC)c3)c(C)cc2OC)cc1. The van der Waals surface area contributed by atoms with Gasteiger partial charge in [0, 0.05) is 5.56 Å². The lowest BCUT2D eigenvalue weighted by molar-refractivity contribution is 0.232. The Morgan fingerprint density at radius 1 is 0.531 bits per heavy atom. The molecule has 0 N–H and O–H groups in total. The van der Waals surface area contributed by atoms with Crippen LogP contribution in [0.25, 0.3) is 18.2 Å². The molecule has 5 heteroatoms. The molecule has 3 aromatic rings. The zero-order chi connectivity index (χ0) is 35.1. The highest BCUT2D eigenvalue weighted by Crippen LogP contribution is 2.40. The van der Waals surface area contributed by atoms with E-state index in [1.165, 1.54) is 44.1 Å². The lowest BCUT2D eigenvalue weighted by Gasteiger charge is -2.19. The zero-order valence-corrected chi connectivity index (χ0v) is 31.3. The topological polar surface area (TPSA) is 46.2 Å². The molecule has 0 fully saturated rings. The number of hydrogen-bond donors (Lipinski definition) is 0. The average Bonchev–Trinajstić information content (AvgIpc) is 3.11. The van der Waals surface area contributed by atoms with E-state index in [2.05, 4.69) is 88.4 Å². The van der Waals surface area contributed by atoms with Crippen molar-refractivity contribution in [2.24, 2.45) is 0 Å². The summed E-state index contributed by atoms with van der Waals surface area (Å²) in [5.41, 5.74) is 5.26. The summed E-state index contributed by atoms with van der Waals surface area (Å²) in [6, 6.07) is 16.7. The maximum absolute atomic E-state index is 6.50. The second-order valence-corrected chi connectivity index (χ2v) is 12.8. The van der Waals surface area contributed by atoms with Gasteiger partial charge in [0.15, 0.2) is 11.5 Å². The third-order valence-corrected chi connectivity index (χ3v) is 8.51. The van der Waals surface area contributed by atoms with Gasteiger partial charge >= 0.3 is 0 Å². The summed E-state index contributed by atoms with van der Waals surface area (Å²) in [5, 5.41) is 0. The van der Waals surface area contributed by atoms with E-state index < -0.39 is 0 Å². The first kappa shape index (κ1) is 39.6. The highest BCUT2D eigenvalue weighted by Gasteiger charge is 2.17. The van der Waals surface area contributed by atoms with Gasteiger partial charge in [-0.1, -0.05) is 127 Å². The molecule has 268 valence electrons. The van der Waals surface area contributed by atoms with Gasteiger partial charge in [-0.05, 0) is 79.6 Å². The van der Waals surface area contributed by atoms with Gasteiger partial charge in [0.05, 0.1) is 26.9 Å². The monoisotopic (exact) mass is 670 g/mol. The van der Waals surface area contributed by atoms with Gasteiger partial charge in [-0.2, -0.15) is 0 Å². The molecular weight excluding hydrogens is 608 g/mol. The van der Waals surface area contributed by atoms with Crippen LogP contribution < -0.4 is 23.7 Å². The van der Waals surface area contributed by atoms with Crippen molar-refractivity contribution >= 4 is 18.2 Å². The summed E-state index contributed by atoms with van der Waals surface area (Å²) in [5.74, 6) is 3.83. The fourth-order valence-corrected chi connectivity index (χ4v) is 5.59. The predicted octanol–water partition coefficient (Wildman–Crippen LogP) is 12.7. The van der Waals surface area contributed by atoms with E-state index in [0.29, 0.717) is 26.4 Å². The van der Waals surface area contributed by atoms with Gasteiger partial charge in [0.2, 0.25) is 5.75 Å². The first-order valence-electron chi connectivity index (χ1n) is 18.8. The van der Waals surface area contributed by atoms with Crippen molar-refractivity contribution in [3.8, 4) is 28.7 Å². The van der Waals surface area contributed by atoms with Crippen LogP contribution >= 0.6 is 0 Å². The van der Waals surface area contributed by atoms with E-state index in [-0.39, 0.29) is 0 Å². The lowest BCUT2D eigenvalue weighted by atomic mass is 10.1. The highest BCUT2D eigenvalue weighted by molar-refractivity contribution is 5.74. The number of unbranched alkanes of at least 4 members (excludes halogenated alkanes) is 9. The van der Waals surface area contributed by atoms with Crippen molar-refractivity contribution < 1.29 is 23.7 Å². The molecule has 0 amide bonds. The van der Waals surface area contributed by atoms with Crippen molar-refractivity contribution in [3.05, 3.63) is 82.4 Å². The fraction of sp³-hybridized carbons (Fsp3) is 0.500. The second kappa shape index (κ2) is 23.5. The van der Waals surface area contributed by atoms with E-state index in [1.54, 1.807) is 7.11 Å². The van der Waals surface area contributed by atoms with Crippen LogP contribution in [0, 0.1) is 6.92 Å². The summed E-state index contributed by atoms with van der Waals surface area (Å²) in [7, 11) is 1.71. The Kier molecular flexibility index (Phi) is 19.0. The maximum atomic E-state index is 6.50. The zero-order valence-electron chi connectivity index (χ0n) is 31.3. The van der Waals surface area contributed by atoms with E-state index in [9.17, 15) is 0 Å². The van der Waals surface area contributed by atoms with Gasteiger partial charge in [-0.3, -0.25) is 0 Å². The molecule has 49 heavy (non-hydrogen) atoms. The number of benzene rings is 3. The summed E-state index contributed by atoms with van der Waals surface area (Å²) in [6.45, 7) is 13.1. The summed E-state index contributed by atoms with van der Waals surface area (Å²) >= 11 is 0. The van der Waals surface area contributed by atoms with Crippen LogP contribution in [0.5, 0.6) is 28.7 Å². The first-order valence-corrected chi connectivity index (χ1v) is 18.8. The number of aryl methyl sites for hydroxylation is 1. The molecule has 0 radical (unpaired) electrons. The smallest absolute Gasteiger partial charge is 0.203 e. The second-order valence-electron chi connectivity index (χ2n) is 12.8. The van der Waals surface area contributed by atoms with Crippen molar-refractivity contribution in [1.29, 1.82) is 0 Å². The Balaban J connectivity index is 1.86. The summed E-state index contributed by atoms with van der Waals surface area (Å²) in [4.78, 5) is 0. The van der Waals surface area contributed by atoms with Gasteiger partial charge in [0.25, 0.3) is 0 Å². The van der Waals surface area contributed by atoms with Crippen molar-refractivity contribution in [2.45, 2.75) is 118 Å². The molecule has 0 saturated carbocycles. The number of allylic oxidation sites excluding steroid dienone is 1. The molecule has 0 heterocycles. The van der Waals surface area contributed by atoms with Crippen LogP contribution in [0.2, 0.25) is 0 Å². The molecule has 0 spiro atoms. The van der Waals surface area contributed by atoms with Crippen LogP contribution in [0.4, 0.5) is 0 Å². The molecule has 0 aromatic heterocycles. The normalized spacial score (nSPS) is 11.4. The van der Waals surface area contributed by atoms with Crippen molar-refractivity contribution in [2.75, 3.05) is 26.9 Å². The van der Waals surface area contributed by atoms with E-state index in [4.69, 9.17) is 23.7 Å². The van der Waals surface area contributed by atoms with Gasteiger partial charge in [-0.25, -0.2) is 0 Å². The first-order chi connectivity index (χ1) is 24.0. The number of hydrogen-bond acceptors (Lipinski definition) is 5. The van der Waals surface area contributed by atoms with E-state index in [1.807, 2.05) is 19.1 Å². The molecule has 0 aliphatic heterocycles. The molecule has 0 aliphatic carbocycles. The minimum absolute atomic E-state index is 0.373. The van der Waals surface area contributed by atoms with Gasteiger partial charge < -0.3 is 23.7 Å². The Morgan fingerprint density at radius 2 is 1.06 bits per heavy atom. The standard InChI is InChI=1S/C44H62O5/c1-7-11-14-17-27-46-42-31-38(32-43(47-28-18-15-12-8-2)44(42)48-29-19-16-13-9-3)34-49-40-33-39(41(45-6)30-35(40)5)26-25-37-23-21-36(20-10-4)22-24-37/h10,20-26,30-33H,7-9,11-19,27-29,34H2,1-6H3/b20-10+,26-25+. The molecule has 0 aliphatic rings. The van der Waals surface area contributed by atoms with E-state index in [0.717, 1.165) is 89.5 Å². The minimum atomic E-state index is 0.373. The molecule has 3 aromatic carbocycles. The Morgan fingerprint density at radius 3 is 1.57 bits per heavy atom. The fourth-order valence-electron chi connectivity index (χ4n) is 5.59. The third kappa shape index (κ3) is 14.3. The molecule has 3 rings (SSSR count). The lowest BCUT2D eigenvalue weighted by Crippen LogP contribution is -2.08. The van der Waals surface area contributed by atoms with Gasteiger partial charge in [-0.15, -0.1) is 0 Å². The van der Waals surface area contributed by atoms with Gasteiger partial charge in [0.1, 0.15) is 18.1 Å². The quantitative estimate of drug-likeness (QED) is 0.0663. The molecule has 0 unspecified atom stereocenters. The number of rotatable bonds is 25. The Bertz CT molecular complexity index is 1370. The van der Waals surface area contributed by atoms with Crippen LogP contribution in [0.3, 0.4) is 0 Å². The molecule has 0 atom stereocenters. The highest BCUT2D eigenvalue weighted by atomic mass is 16.5. The Labute approximate surface area is 297 Å². The van der Waals surface area contributed by atoms with E-state index >= 15 is 0 Å². The minimum Gasteiger partial charge on any atom is -0.496 e. The molecule has 0 saturated heterocycles. The summed E-state index contributed by atoms with van der Waals surface area (Å²) in [6.07, 6.45) is 22.1. The van der Waals surface area contributed by atoms with Crippen LogP contribution in [0.15, 0.2) is 54.6 Å². The van der Waals surface area contributed by atoms with Crippen molar-refractivity contribution in [1.82, 2.24) is 0 Å². The predicted molar refractivity (Wildman–Crippen MR) is 207 cm³/mol. The largest absolute Gasteiger partial charge is 0.496 e. The molecule has 5 nitrogen and oxygen atoms in total. The molecule has 0 bridgehead atoms. The molecular formula is C44H62O5. The van der Waals surface area contributed by atoms with Crippen LogP contribution in [-0.4, -0.2) is 26.9 Å². The average molecular weight is 671 g/mol. The third-order valence-electron chi connectivity index (χ3n) is 8.51. The summed E-state index contributed by atoms with van der Waals surface area (Å²) < 4.78 is 31.5. The number of ether oxygens (including phenoxy) is 5. The van der Waals surface area contributed by atoms with Crippen molar-refractivity contribution in [3.63, 3.8) is 0 Å². The maximum Gasteiger partial charge on any atom is 0.203 e. The Hall–Kier alpha value is -3.86. The number of methoxy groups -OCH3 is 1. The van der Waals surface area contributed by atoms with Crippen LogP contribution in [-0.2, 0) is 6.61 Å². The van der Waals surface area contributed by atoms with Crippen LogP contribution in [0.1, 0.15) is 133 Å².